The molecular weight excluding hydrogens is 284 g/mol. The molecule has 120 valence electrons. The lowest BCUT2D eigenvalue weighted by molar-refractivity contribution is -0.158. The number of carbonyl (C=O) groups excluding carboxylic acids is 2. The molecule has 3 rings (SSSR count). The molecular formula is C17H22O5. The molecule has 6 unspecified atom stereocenters. The van der Waals surface area contributed by atoms with Crippen LogP contribution in [0.4, 0.5) is 0 Å². The van der Waals surface area contributed by atoms with Crippen molar-refractivity contribution in [2.45, 2.75) is 51.4 Å². The predicted octanol–water partition coefficient (Wildman–Crippen LogP) is 1.75. The molecule has 5 nitrogen and oxygen atoms in total. The van der Waals surface area contributed by atoms with Gasteiger partial charge in [-0.25, -0.2) is 4.79 Å². The van der Waals surface area contributed by atoms with Crippen molar-refractivity contribution in [2.75, 3.05) is 0 Å². The van der Waals surface area contributed by atoms with Crippen molar-refractivity contribution < 1.29 is 24.2 Å². The van der Waals surface area contributed by atoms with E-state index in [2.05, 4.69) is 6.58 Å². The first-order valence-corrected chi connectivity index (χ1v) is 7.73. The van der Waals surface area contributed by atoms with Crippen LogP contribution < -0.4 is 0 Å². The minimum Gasteiger partial charge on any atom is -0.462 e. The maximum atomic E-state index is 12.0. The van der Waals surface area contributed by atoms with Gasteiger partial charge in [-0.1, -0.05) is 19.6 Å². The molecule has 0 bridgehead atoms. The van der Waals surface area contributed by atoms with E-state index in [9.17, 15) is 14.7 Å². The van der Waals surface area contributed by atoms with Crippen LogP contribution in [0.15, 0.2) is 23.8 Å². The van der Waals surface area contributed by atoms with Gasteiger partial charge in [-0.3, -0.25) is 4.79 Å². The highest BCUT2D eigenvalue weighted by Gasteiger charge is 2.62. The largest absolute Gasteiger partial charge is 0.462 e. The number of esters is 2. The molecule has 1 N–H and O–H groups in total. The highest BCUT2D eigenvalue weighted by molar-refractivity contribution is 5.91. The van der Waals surface area contributed by atoms with Gasteiger partial charge in [0.25, 0.3) is 0 Å². The summed E-state index contributed by atoms with van der Waals surface area (Å²) in [6.07, 6.45) is 2.12. The Morgan fingerprint density at radius 2 is 2.23 bits per heavy atom. The smallest absolute Gasteiger partial charge is 0.334 e. The Balaban J connectivity index is 2.08. The summed E-state index contributed by atoms with van der Waals surface area (Å²) in [6.45, 7) is 9.08. The molecule has 0 radical (unpaired) electrons. The normalized spacial score (nSPS) is 43.8. The predicted molar refractivity (Wildman–Crippen MR) is 78.7 cm³/mol. The Bertz CT molecular complexity index is 578. The molecule has 22 heavy (non-hydrogen) atoms. The molecule has 3 aliphatic rings. The van der Waals surface area contributed by atoms with Gasteiger partial charge < -0.3 is 14.6 Å². The van der Waals surface area contributed by atoms with Crippen molar-refractivity contribution in [3.63, 3.8) is 0 Å². The number of fused-ring (bicyclic) bond motifs is 3. The number of allylic oxidation sites excluding steroid dienone is 1. The van der Waals surface area contributed by atoms with Crippen LogP contribution in [0.3, 0.4) is 0 Å². The molecule has 1 aliphatic heterocycles. The highest BCUT2D eigenvalue weighted by Crippen LogP contribution is 2.53. The molecule has 1 saturated heterocycles. The van der Waals surface area contributed by atoms with E-state index in [0.29, 0.717) is 6.42 Å². The second-order valence-corrected chi connectivity index (χ2v) is 6.79. The first-order chi connectivity index (χ1) is 10.3. The Labute approximate surface area is 130 Å². The van der Waals surface area contributed by atoms with Crippen LogP contribution in [0.5, 0.6) is 0 Å². The van der Waals surface area contributed by atoms with Crippen LogP contribution >= 0.6 is 0 Å². The number of aliphatic hydroxyl groups is 1. The van der Waals surface area contributed by atoms with E-state index in [0.717, 1.165) is 12.0 Å². The van der Waals surface area contributed by atoms with Gasteiger partial charge in [0.15, 0.2) is 0 Å². The summed E-state index contributed by atoms with van der Waals surface area (Å²) in [5.41, 5.74) is -0.0868. The van der Waals surface area contributed by atoms with Gasteiger partial charge in [0.05, 0.1) is 5.92 Å². The third-order valence-electron chi connectivity index (χ3n) is 5.54. The van der Waals surface area contributed by atoms with Crippen molar-refractivity contribution >= 4 is 11.9 Å². The average Bonchev–Trinajstić information content (AvgIpc) is 2.86. The van der Waals surface area contributed by atoms with Gasteiger partial charge in [0.1, 0.15) is 17.8 Å². The fourth-order valence-electron chi connectivity index (χ4n) is 4.42. The summed E-state index contributed by atoms with van der Waals surface area (Å²) in [5, 5.41) is 11.4. The molecule has 0 spiro atoms. The summed E-state index contributed by atoms with van der Waals surface area (Å²) < 4.78 is 10.9. The zero-order chi connectivity index (χ0) is 16.2. The molecule has 1 heterocycles. The maximum absolute atomic E-state index is 12.0. The molecule has 0 amide bonds. The molecule has 1 saturated carbocycles. The monoisotopic (exact) mass is 306 g/mol. The first kappa shape index (κ1) is 15.3. The van der Waals surface area contributed by atoms with E-state index in [-0.39, 0.29) is 17.4 Å². The summed E-state index contributed by atoms with van der Waals surface area (Å²) >= 11 is 0. The third-order valence-corrected chi connectivity index (χ3v) is 5.54. The molecule has 5 heteroatoms. The SMILES string of the molecule is C=C1C(=O)OC2C1C(OC(C)=O)CC(C)C1CC=C(C)C12O. The van der Waals surface area contributed by atoms with Crippen molar-refractivity contribution in [1.29, 1.82) is 0 Å². The van der Waals surface area contributed by atoms with E-state index in [1.165, 1.54) is 6.92 Å². The quantitative estimate of drug-likeness (QED) is 0.454. The Kier molecular flexibility index (Phi) is 3.44. The highest BCUT2D eigenvalue weighted by atomic mass is 16.6. The fourth-order valence-corrected chi connectivity index (χ4v) is 4.42. The van der Waals surface area contributed by atoms with E-state index in [1.807, 2.05) is 19.9 Å². The summed E-state index contributed by atoms with van der Waals surface area (Å²) in [4.78, 5) is 23.5. The second-order valence-electron chi connectivity index (χ2n) is 6.79. The molecule has 0 aromatic carbocycles. The van der Waals surface area contributed by atoms with E-state index >= 15 is 0 Å². The van der Waals surface area contributed by atoms with Crippen LogP contribution in [-0.2, 0) is 19.1 Å². The molecule has 0 aromatic heterocycles. The average molecular weight is 306 g/mol. The summed E-state index contributed by atoms with van der Waals surface area (Å²) in [5.74, 6) is -1.29. The number of ether oxygens (including phenoxy) is 2. The number of hydrogen-bond acceptors (Lipinski definition) is 5. The number of rotatable bonds is 1. The minimum absolute atomic E-state index is 0.0424. The van der Waals surface area contributed by atoms with Gasteiger partial charge >= 0.3 is 11.9 Å². The van der Waals surface area contributed by atoms with Gasteiger partial charge in [-0.15, -0.1) is 0 Å². The van der Waals surface area contributed by atoms with Gasteiger partial charge in [0, 0.05) is 18.4 Å². The topological polar surface area (TPSA) is 72.8 Å². The van der Waals surface area contributed by atoms with Crippen LogP contribution in [0.25, 0.3) is 0 Å². The van der Waals surface area contributed by atoms with Gasteiger partial charge in [-0.05, 0) is 31.3 Å². The maximum Gasteiger partial charge on any atom is 0.334 e. The van der Waals surface area contributed by atoms with Crippen molar-refractivity contribution in [1.82, 2.24) is 0 Å². The van der Waals surface area contributed by atoms with Gasteiger partial charge in [-0.2, -0.15) is 0 Å². The molecule has 2 fully saturated rings. The lowest BCUT2D eigenvalue weighted by Crippen LogP contribution is -2.51. The van der Waals surface area contributed by atoms with E-state index < -0.39 is 35.7 Å². The third kappa shape index (κ3) is 1.95. The lowest BCUT2D eigenvalue weighted by atomic mass is 9.74. The Hall–Kier alpha value is -1.62. The minimum atomic E-state index is -1.20. The van der Waals surface area contributed by atoms with Gasteiger partial charge in [0.2, 0.25) is 0 Å². The zero-order valence-corrected chi connectivity index (χ0v) is 13.2. The molecule has 0 aromatic rings. The standard InChI is InChI=1S/C17H22O5/c1-8-7-13(21-11(4)18)14-10(3)16(19)22-15(14)17(20)9(2)5-6-12(8)17/h5,8,12-15,20H,3,6-7H2,1-2,4H3. The zero-order valence-electron chi connectivity index (χ0n) is 13.2. The van der Waals surface area contributed by atoms with Crippen LogP contribution in [0.1, 0.15) is 33.6 Å². The van der Waals surface area contributed by atoms with E-state index in [1.54, 1.807) is 0 Å². The number of carbonyl (C=O) groups is 2. The van der Waals surface area contributed by atoms with Crippen molar-refractivity contribution in [2.24, 2.45) is 17.8 Å². The van der Waals surface area contributed by atoms with Crippen LogP contribution in [0, 0.1) is 17.8 Å². The summed E-state index contributed by atoms with van der Waals surface area (Å²) in [7, 11) is 0. The summed E-state index contributed by atoms with van der Waals surface area (Å²) in [6, 6.07) is 0. The molecule has 2 aliphatic carbocycles. The Morgan fingerprint density at radius 1 is 1.55 bits per heavy atom. The lowest BCUT2D eigenvalue weighted by Gasteiger charge is -2.38. The Morgan fingerprint density at radius 3 is 2.86 bits per heavy atom. The first-order valence-electron chi connectivity index (χ1n) is 7.73. The van der Waals surface area contributed by atoms with Crippen molar-refractivity contribution in [3.05, 3.63) is 23.8 Å². The molecule has 6 atom stereocenters. The fraction of sp³-hybridized carbons (Fsp3) is 0.647. The number of hydrogen-bond donors (Lipinski definition) is 1. The van der Waals surface area contributed by atoms with Crippen molar-refractivity contribution in [3.8, 4) is 0 Å². The van der Waals surface area contributed by atoms with E-state index in [4.69, 9.17) is 9.47 Å². The van der Waals surface area contributed by atoms with Crippen LogP contribution in [0.2, 0.25) is 0 Å². The van der Waals surface area contributed by atoms with Crippen LogP contribution in [-0.4, -0.2) is 34.9 Å². The second kappa shape index (κ2) is 4.95.